The Balaban J connectivity index is 1.31. The third kappa shape index (κ3) is 4.43. The summed E-state index contributed by atoms with van der Waals surface area (Å²) in [6.07, 6.45) is 3.10. The number of nitriles is 1. The number of benzene rings is 2. The first-order chi connectivity index (χ1) is 17.0. The molecule has 35 heavy (non-hydrogen) atoms. The van der Waals surface area contributed by atoms with E-state index in [-0.39, 0.29) is 30.5 Å². The van der Waals surface area contributed by atoms with Crippen molar-refractivity contribution >= 4 is 34.3 Å². The minimum absolute atomic E-state index is 0.0101. The average molecular weight is 466 g/mol. The summed E-state index contributed by atoms with van der Waals surface area (Å²) in [5, 5.41) is 14.5. The molecule has 172 valence electrons. The summed E-state index contributed by atoms with van der Waals surface area (Å²) in [4.78, 5) is 48.4. The number of anilines is 1. The summed E-state index contributed by atoms with van der Waals surface area (Å²) in [5.74, 6) is -0.112. The molecule has 5 rings (SSSR count). The van der Waals surface area contributed by atoms with E-state index in [0.717, 1.165) is 11.1 Å². The van der Waals surface area contributed by atoms with E-state index in [4.69, 9.17) is 10.00 Å². The molecule has 2 amide bonds. The predicted octanol–water partition coefficient (Wildman–Crippen LogP) is 2.52. The van der Waals surface area contributed by atoms with Crippen LogP contribution in [0.2, 0.25) is 0 Å². The highest BCUT2D eigenvalue weighted by atomic mass is 16.5. The van der Waals surface area contributed by atoms with Crippen molar-refractivity contribution in [3.8, 4) is 11.8 Å². The van der Waals surface area contributed by atoms with Crippen molar-refractivity contribution < 1.29 is 19.1 Å². The summed E-state index contributed by atoms with van der Waals surface area (Å²) in [5.41, 5.74) is 3.74. The van der Waals surface area contributed by atoms with Crippen LogP contribution in [0.15, 0.2) is 55.0 Å². The van der Waals surface area contributed by atoms with E-state index in [0.29, 0.717) is 40.0 Å². The topological polar surface area (TPSA) is 150 Å². The molecule has 0 aliphatic carbocycles. The molecule has 1 aliphatic rings. The number of nitrogens with one attached hydrogen (secondary N) is 3. The third-order valence-electron chi connectivity index (χ3n) is 5.56. The van der Waals surface area contributed by atoms with Crippen molar-refractivity contribution in [2.75, 3.05) is 11.9 Å². The molecule has 2 aromatic carbocycles. The van der Waals surface area contributed by atoms with Gasteiger partial charge in [-0.15, -0.1) is 0 Å². The number of carbonyl (C=O) groups excluding carboxylic acids is 3. The molecular weight excluding hydrogens is 448 g/mol. The molecule has 0 spiro atoms. The van der Waals surface area contributed by atoms with Crippen LogP contribution < -0.4 is 15.4 Å². The first-order valence-electron chi connectivity index (χ1n) is 10.7. The Morgan fingerprint density at radius 2 is 1.94 bits per heavy atom. The highest BCUT2D eigenvalue weighted by Gasteiger charge is 2.19. The summed E-state index contributed by atoms with van der Waals surface area (Å²) >= 11 is 0. The predicted molar refractivity (Wildman–Crippen MR) is 125 cm³/mol. The Labute approximate surface area is 199 Å². The monoisotopic (exact) mass is 466 g/mol. The normalized spacial score (nSPS) is 12.4. The van der Waals surface area contributed by atoms with Gasteiger partial charge in [-0.2, -0.15) is 5.26 Å². The number of ketones is 1. The van der Waals surface area contributed by atoms with Gasteiger partial charge in [0.25, 0.3) is 11.8 Å². The lowest BCUT2D eigenvalue weighted by atomic mass is 10.0. The number of aromatic nitrogens is 3. The van der Waals surface area contributed by atoms with Crippen molar-refractivity contribution in [2.45, 2.75) is 13.0 Å². The minimum Gasteiger partial charge on any atom is -0.486 e. The molecule has 0 fully saturated rings. The van der Waals surface area contributed by atoms with E-state index in [1.54, 1.807) is 30.3 Å². The van der Waals surface area contributed by atoms with Gasteiger partial charge in [0.05, 0.1) is 22.8 Å². The van der Waals surface area contributed by atoms with Gasteiger partial charge in [-0.25, -0.2) is 9.97 Å². The maximum absolute atomic E-state index is 12.9. The molecule has 4 aromatic rings. The fraction of sp³-hybridized carbons (Fsp3) is 0.120. The van der Waals surface area contributed by atoms with Crippen LogP contribution in [0.25, 0.3) is 11.0 Å². The van der Waals surface area contributed by atoms with Crippen molar-refractivity contribution in [3.05, 3.63) is 82.9 Å². The standard InChI is InChI=1S/C25H18N6O4/c26-9-14-1-4-16(5-2-14)24(33)31-19-11-27-22-21(19)29-13-30-23(22)25(34)28-10-15-3-6-20-17(7-15)8-18(32)12-35-20/h1-7,11,13,27H,8,10,12H2,(H,28,34)(H,31,33). The SMILES string of the molecule is N#Cc1ccc(C(=O)Nc2c[nH]c3c(C(=O)NCc4ccc5c(c4)CC(=O)CO5)ncnc23)cc1. The molecule has 0 saturated heterocycles. The van der Waals surface area contributed by atoms with Crippen LogP contribution in [-0.2, 0) is 17.8 Å². The van der Waals surface area contributed by atoms with Crippen LogP contribution >= 0.6 is 0 Å². The number of aromatic amines is 1. The number of rotatable bonds is 5. The first kappa shape index (κ1) is 21.8. The molecular formula is C25H18N6O4. The minimum atomic E-state index is -0.422. The van der Waals surface area contributed by atoms with Crippen LogP contribution in [-0.4, -0.2) is 39.2 Å². The fourth-order valence-electron chi connectivity index (χ4n) is 3.81. The van der Waals surface area contributed by atoms with E-state index < -0.39 is 5.91 Å². The second kappa shape index (κ2) is 9.07. The number of Topliss-reactive ketones (excluding diaryl/α,β-unsaturated/α-hetero) is 1. The average Bonchev–Trinajstić information content (AvgIpc) is 3.29. The Morgan fingerprint density at radius 3 is 2.74 bits per heavy atom. The largest absolute Gasteiger partial charge is 0.486 e. The number of carbonyl (C=O) groups is 3. The fourth-order valence-corrected chi connectivity index (χ4v) is 3.81. The van der Waals surface area contributed by atoms with Gasteiger partial charge in [-0.1, -0.05) is 6.07 Å². The Kier molecular flexibility index (Phi) is 5.65. The molecule has 10 nitrogen and oxygen atoms in total. The van der Waals surface area contributed by atoms with Crippen molar-refractivity contribution in [1.29, 1.82) is 5.26 Å². The van der Waals surface area contributed by atoms with Crippen LogP contribution in [0.4, 0.5) is 5.69 Å². The van der Waals surface area contributed by atoms with Gasteiger partial charge in [0, 0.05) is 30.3 Å². The van der Waals surface area contributed by atoms with E-state index >= 15 is 0 Å². The second-order valence-electron chi connectivity index (χ2n) is 7.92. The molecule has 0 atom stereocenters. The first-order valence-corrected chi connectivity index (χ1v) is 10.7. The lowest BCUT2D eigenvalue weighted by molar-refractivity contribution is -0.121. The zero-order chi connectivity index (χ0) is 24.4. The van der Waals surface area contributed by atoms with Crippen molar-refractivity contribution in [2.24, 2.45) is 0 Å². The summed E-state index contributed by atoms with van der Waals surface area (Å²) in [6.45, 7) is 0.313. The molecule has 10 heteroatoms. The van der Waals surface area contributed by atoms with Crippen LogP contribution in [0.1, 0.15) is 37.5 Å². The van der Waals surface area contributed by atoms with Crippen LogP contribution in [0, 0.1) is 11.3 Å². The zero-order valence-electron chi connectivity index (χ0n) is 18.3. The maximum atomic E-state index is 12.9. The quantitative estimate of drug-likeness (QED) is 0.409. The maximum Gasteiger partial charge on any atom is 0.272 e. The van der Waals surface area contributed by atoms with Gasteiger partial charge < -0.3 is 20.4 Å². The van der Waals surface area contributed by atoms with Gasteiger partial charge in [0.15, 0.2) is 11.5 Å². The number of amides is 2. The van der Waals surface area contributed by atoms with Gasteiger partial charge in [-0.3, -0.25) is 14.4 Å². The lowest BCUT2D eigenvalue weighted by Crippen LogP contribution is -2.25. The molecule has 0 saturated carbocycles. The number of hydrogen-bond donors (Lipinski definition) is 3. The van der Waals surface area contributed by atoms with E-state index in [1.807, 2.05) is 18.2 Å². The molecule has 0 unspecified atom stereocenters. The van der Waals surface area contributed by atoms with Gasteiger partial charge >= 0.3 is 0 Å². The highest BCUT2D eigenvalue weighted by Crippen LogP contribution is 2.25. The molecule has 3 heterocycles. The molecule has 0 radical (unpaired) electrons. The number of nitrogens with zero attached hydrogens (tertiary/aromatic N) is 3. The van der Waals surface area contributed by atoms with Gasteiger partial charge in [0.2, 0.25) is 0 Å². The summed E-state index contributed by atoms with van der Waals surface area (Å²) in [7, 11) is 0. The summed E-state index contributed by atoms with van der Waals surface area (Å²) < 4.78 is 5.40. The van der Waals surface area contributed by atoms with Gasteiger partial charge in [-0.05, 0) is 42.0 Å². The third-order valence-corrected chi connectivity index (χ3v) is 5.56. The molecule has 2 aromatic heterocycles. The molecule has 0 bridgehead atoms. The second-order valence-corrected chi connectivity index (χ2v) is 7.92. The summed E-state index contributed by atoms with van der Waals surface area (Å²) in [6, 6.07) is 13.7. The number of fused-ring (bicyclic) bond motifs is 2. The zero-order valence-corrected chi connectivity index (χ0v) is 18.3. The van der Waals surface area contributed by atoms with E-state index in [9.17, 15) is 14.4 Å². The van der Waals surface area contributed by atoms with E-state index in [1.165, 1.54) is 12.5 Å². The molecule has 1 aliphatic heterocycles. The highest BCUT2D eigenvalue weighted by molar-refractivity contribution is 6.11. The molecule has 3 N–H and O–H groups in total. The van der Waals surface area contributed by atoms with Gasteiger partial charge in [0.1, 0.15) is 24.2 Å². The van der Waals surface area contributed by atoms with Crippen molar-refractivity contribution in [1.82, 2.24) is 20.3 Å². The van der Waals surface area contributed by atoms with Crippen LogP contribution in [0.5, 0.6) is 5.75 Å². The lowest BCUT2D eigenvalue weighted by Gasteiger charge is -2.17. The number of hydrogen-bond acceptors (Lipinski definition) is 7. The number of ether oxygens (including phenoxy) is 1. The smallest absolute Gasteiger partial charge is 0.272 e. The Morgan fingerprint density at radius 1 is 1.11 bits per heavy atom. The Bertz CT molecular complexity index is 1520. The van der Waals surface area contributed by atoms with Crippen molar-refractivity contribution in [3.63, 3.8) is 0 Å². The number of H-pyrrole nitrogens is 1. The van der Waals surface area contributed by atoms with Crippen LogP contribution in [0.3, 0.4) is 0 Å². The van der Waals surface area contributed by atoms with E-state index in [2.05, 4.69) is 25.6 Å². The Hall–Kier alpha value is -5.04.